The van der Waals surface area contributed by atoms with Crippen LogP contribution in [0.2, 0.25) is 0 Å². The molecule has 3 atom stereocenters. The van der Waals surface area contributed by atoms with Gasteiger partial charge in [-0.2, -0.15) is 0 Å². The van der Waals surface area contributed by atoms with Crippen molar-refractivity contribution < 1.29 is 9.53 Å². The largest absolute Gasteiger partial charge is 0.380 e. The Hall–Kier alpha value is -0.910. The van der Waals surface area contributed by atoms with E-state index in [9.17, 15) is 4.79 Å². The van der Waals surface area contributed by atoms with Crippen molar-refractivity contribution in [3.8, 4) is 0 Å². The zero-order valence-electron chi connectivity index (χ0n) is 12.5. The first-order chi connectivity index (χ1) is 10.3. The minimum Gasteiger partial charge on any atom is -0.380 e. The van der Waals surface area contributed by atoms with Gasteiger partial charge in [-0.1, -0.05) is 18.9 Å². The number of hydrogen-bond donors (Lipinski definition) is 2. The molecule has 5 heteroatoms. The Kier molecular flexibility index (Phi) is 4.93. The SMILES string of the molecule is COC1CNC(C(=O)NC(c2cccs2)C2CCCC2)C1. The quantitative estimate of drug-likeness (QED) is 0.878. The van der Waals surface area contributed by atoms with Crippen LogP contribution in [0.4, 0.5) is 0 Å². The van der Waals surface area contributed by atoms with E-state index in [0.717, 1.165) is 13.0 Å². The molecule has 1 amide bonds. The Morgan fingerprint density at radius 1 is 1.48 bits per heavy atom. The Labute approximate surface area is 130 Å². The number of methoxy groups -OCH3 is 1. The molecule has 3 unspecified atom stereocenters. The van der Waals surface area contributed by atoms with Crippen LogP contribution in [-0.4, -0.2) is 31.7 Å². The van der Waals surface area contributed by atoms with Gasteiger partial charge in [-0.05, 0) is 36.6 Å². The van der Waals surface area contributed by atoms with Crippen molar-refractivity contribution in [2.24, 2.45) is 5.92 Å². The normalized spacial score (nSPS) is 27.9. The number of carbonyl (C=O) groups is 1. The fraction of sp³-hybridized carbons (Fsp3) is 0.688. The van der Waals surface area contributed by atoms with Gasteiger partial charge < -0.3 is 15.4 Å². The second-order valence-electron chi connectivity index (χ2n) is 6.10. The third kappa shape index (κ3) is 3.47. The average Bonchev–Trinajstić information content (AvgIpc) is 3.26. The maximum absolute atomic E-state index is 12.5. The van der Waals surface area contributed by atoms with Crippen molar-refractivity contribution in [2.75, 3.05) is 13.7 Å². The predicted octanol–water partition coefficient (Wildman–Crippen LogP) is 2.47. The summed E-state index contributed by atoms with van der Waals surface area (Å²) in [6.45, 7) is 0.766. The number of ether oxygens (including phenoxy) is 1. The van der Waals surface area contributed by atoms with Crippen LogP contribution >= 0.6 is 11.3 Å². The molecular formula is C16H24N2O2S. The molecule has 0 bridgehead atoms. The second kappa shape index (κ2) is 6.90. The van der Waals surface area contributed by atoms with Crippen LogP contribution in [0.25, 0.3) is 0 Å². The van der Waals surface area contributed by atoms with Crippen molar-refractivity contribution in [3.63, 3.8) is 0 Å². The number of nitrogens with one attached hydrogen (secondary N) is 2. The first-order valence-corrected chi connectivity index (χ1v) is 8.76. The summed E-state index contributed by atoms with van der Waals surface area (Å²) in [5, 5.41) is 8.66. The lowest BCUT2D eigenvalue weighted by Gasteiger charge is -2.25. The number of hydrogen-bond acceptors (Lipinski definition) is 4. The summed E-state index contributed by atoms with van der Waals surface area (Å²) in [5.41, 5.74) is 0. The molecule has 116 valence electrons. The third-order valence-electron chi connectivity index (χ3n) is 4.76. The summed E-state index contributed by atoms with van der Waals surface area (Å²) in [6, 6.07) is 4.29. The van der Waals surface area contributed by atoms with E-state index in [0.29, 0.717) is 5.92 Å². The molecule has 1 aliphatic heterocycles. The van der Waals surface area contributed by atoms with Crippen LogP contribution in [0, 0.1) is 5.92 Å². The van der Waals surface area contributed by atoms with E-state index in [1.807, 2.05) is 0 Å². The van der Waals surface area contributed by atoms with Gasteiger partial charge in [0.05, 0.1) is 18.2 Å². The van der Waals surface area contributed by atoms with Crippen molar-refractivity contribution in [1.29, 1.82) is 0 Å². The molecule has 1 saturated heterocycles. The number of thiophene rings is 1. The maximum atomic E-state index is 12.5. The molecule has 1 aromatic rings. The monoisotopic (exact) mass is 308 g/mol. The van der Waals surface area contributed by atoms with E-state index in [1.165, 1.54) is 30.6 Å². The zero-order valence-corrected chi connectivity index (χ0v) is 13.3. The predicted molar refractivity (Wildman–Crippen MR) is 84.4 cm³/mol. The molecule has 2 aliphatic rings. The van der Waals surface area contributed by atoms with E-state index < -0.39 is 0 Å². The Morgan fingerprint density at radius 3 is 2.90 bits per heavy atom. The van der Waals surface area contributed by atoms with Gasteiger partial charge in [-0.25, -0.2) is 0 Å². The van der Waals surface area contributed by atoms with Crippen molar-refractivity contribution >= 4 is 17.2 Å². The zero-order chi connectivity index (χ0) is 14.7. The Morgan fingerprint density at radius 2 is 2.29 bits per heavy atom. The van der Waals surface area contributed by atoms with Crippen LogP contribution < -0.4 is 10.6 Å². The lowest BCUT2D eigenvalue weighted by Crippen LogP contribution is -2.43. The summed E-state index contributed by atoms with van der Waals surface area (Å²) in [6.07, 6.45) is 5.95. The van der Waals surface area contributed by atoms with E-state index in [-0.39, 0.29) is 24.1 Å². The molecule has 0 radical (unpaired) electrons. The molecule has 2 heterocycles. The maximum Gasteiger partial charge on any atom is 0.237 e. The highest BCUT2D eigenvalue weighted by molar-refractivity contribution is 7.10. The summed E-state index contributed by atoms with van der Waals surface area (Å²) >= 11 is 1.75. The molecule has 21 heavy (non-hydrogen) atoms. The highest BCUT2D eigenvalue weighted by atomic mass is 32.1. The van der Waals surface area contributed by atoms with Gasteiger partial charge >= 0.3 is 0 Å². The van der Waals surface area contributed by atoms with E-state index >= 15 is 0 Å². The van der Waals surface area contributed by atoms with Crippen LogP contribution in [0.3, 0.4) is 0 Å². The fourth-order valence-corrected chi connectivity index (χ4v) is 4.39. The standard InChI is InChI=1S/C16H24N2O2S/c1-20-12-9-13(17-10-12)16(19)18-15(11-5-2-3-6-11)14-7-4-8-21-14/h4,7-8,11-13,15,17H,2-3,5-6,9-10H2,1H3,(H,18,19). The van der Waals surface area contributed by atoms with Crippen LogP contribution in [0.5, 0.6) is 0 Å². The van der Waals surface area contributed by atoms with E-state index in [2.05, 4.69) is 28.1 Å². The summed E-state index contributed by atoms with van der Waals surface area (Å²) in [7, 11) is 1.71. The molecule has 3 rings (SSSR count). The first kappa shape index (κ1) is 15.0. The van der Waals surface area contributed by atoms with Crippen molar-refractivity contribution in [3.05, 3.63) is 22.4 Å². The lowest BCUT2D eigenvalue weighted by atomic mass is 9.96. The average molecular weight is 308 g/mol. The highest BCUT2D eigenvalue weighted by Gasteiger charge is 2.33. The van der Waals surface area contributed by atoms with Crippen molar-refractivity contribution in [1.82, 2.24) is 10.6 Å². The summed E-state index contributed by atoms with van der Waals surface area (Å²) in [4.78, 5) is 13.8. The molecule has 4 nitrogen and oxygen atoms in total. The number of amides is 1. The van der Waals surface area contributed by atoms with Gasteiger partial charge in [-0.15, -0.1) is 11.3 Å². The molecule has 1 aliphatic carbocycles. The minimum atomic E-state index is -0.112. The number of carbonyl (C=O) groups excluding carboxylic acids is 1. The van der Waals surface area contributed by atoms with Gasteiger partial charge in [-0.3, -0.25) is 4.79 Å². The first-order valence-electron chi connectivity index (χ1n) is 7.88. The van der Waals surface area contributed by atoms with Crippen LogP contribution in [-0.2, 0) is 9.53 Å². The molecule has 1 aromatic heterocycles. The third-order valence-corrected chi connectivity index (χ3v) is 5.71. The second-order valence-corrected chi connectivity index (χ2v) is 7.08. The molecule has 2 fully saturated rings. The van der Waals surface area contributed by atoms with Gasteiger partial charge in [0.1, 0.15) is 0 Å². The highest BCUT2D eigenvalue weighted by Crippen LogP contribution is 2.37. The summed E-state index contributed by atoms with van der Waals surface area (Å²) < 4.78 is 5.33. The Bertz CT molecular complexity index is 457. The molecular weight excluding hydrogens is 284 g/mol. The van der Waals surface area contributed by atoms with Crippen LogP contribution in [0.15, 0.2) is 17.5 Å². The van der Waals surface area contributed by atoms with Crippen LogP contribution in [0.1, 0.15) is 43.0 Å². The molecule has 0 aromatic carbocycles. The number of rotatable bonds is 5. The fourth-order valence-electron chi connectivity index (χ4n) is 3.52. The van der Waals surface area contributed by atoms with E-state index in [4.69, 9.17) is 4.74 Å². The molecule has 1 saturated carbocycles. The summed E-state index contributed by atoms with van der Waals surface area (Å²) in [5.74, 6) is 0.715. The van der Waals surface area contributed by atoms with Gasteiger partial charge in [0.15, 0.2) is 0 Å². The minimum absolute atomic E-state index is 0.112. The van der Waals surface area contributed by atoms with Gasteiger partial charge in [0, 0.05) is 18.5 Å². The smallest absolute Gasteiger partial charge is 0.237 e. The molecule has 2 N–H and O–H groups in total. The topological polar surface area (TPSA) is 50.4 Å². The lowest BCUT2D eigenvalue weighted by molar-refractivity contribution is -0.124. The Balaban J connectivity index is 1.65. The molecule has 0 spiro atoms. The van der Waals surface area contributed by atoms with Crippen molar-refractivity contribution in [2.45, 2.75) is 50.3 Å². The van der Waals surface area contributed by atoms with Gasteiger partial charge in [0.2, 0.25) is 5.91 Å². The van der Waals surface area contributed by atoms with E-state index in [1.54, 1.807) is 18.4 Å². The van der Waals surface area contributed by atoms with Gasteiger partial charge in [0.25, 0.3) is 0 Å².